The summed E-state index contributed by atoms with van der Waals surface area (Å²) in [5.41, 5.74) is -9.85. The van der Waals surface area contributed by atoms with E-state index in [0.29, 0.717) is 5.69 Å². The van der Waals surface area contributed by atoms with Gasteiger partial charge in [-0.05, 0) is 57.3 Å². The Balaban J connectivity index is 0.00000387. The Morgan fingerprint density at radius 2 is 1.39 bits per heavy atom. The molecule has 5 rings (SSSR count). The Morgan fingerprint density at radius 1 is 0.878 bits per heavy atom. The van der Waals surface area contributed by atoms with Gasteiger partial charge in [0.15, 0.2) is 10.8 Å². The van der Waals surface area contributed by atoms with Crippen molar-refractivity contribution < 1.29 is 30.0 Å². The maximum atomic E-state index is 13.6. The first-order valence-corrected chi connectivity index (χ1v) is 13.0. The van der Waals surface area contributed by atoms with Gasteiger partial charge in [-0.2, -0.15) is 0 Å². The fraction of sp³-hybridized carbons (Fsp3) is 0.393. The third-order valence-corrected chi connectivity index (χ3v) is 9.93. The van der Waals surface area contributed by atoms with Crippen LogP contribution in [0.25, 0.3) is 0 Å². The molecule has 2 aliphatic heterocycles. The molecule has 218 valence electrons. The number of aromatic nitrogens is 3. The number of nitrogens with zero attached hydrogens (tertiary/aromatic N) is 5. The van der Waals surface area contributed by atoms with E-state index in [4.69, 9.17) is 11.6 Å². The third kappa shape index (κ3) is 3.57. The second-order valence-electron chi connectivity index (χ2n) is 10.7. The average Bonchev–Trinajstić information content (AvgIpc) is 2.94. The molecule has 2 fully saturated rings. The first-order valence-electron chi connectivity index (χ1n) is 12.6. The Labute approximate surface area is 247 Å². The summed E-state index contributed by atoms with van der Waals surface area (Å²) in [5, 5.41) is 46.8. The average molecular weight is 604 g/mol. The van der Waals surface area contributed by atoms with Crippen molar-refractivity contribution in [1.82, 2.24) is 24.8 Å². The lowest BCUT2D eigenvalue weighted by Crippen LogP contribution is -2.92. The Morgan fingerprint density at radius 3 is 1.83 bits per heavy atom. The number of alkyl halides is 1. The summed E-state index contributed by atoms with van der Waals surface area (Å²) in [6.45, 7) is 2.43. The van der Waals surface area contributed by atoms with Crippen LogP contribution in [0.5, 0.6) is 0 Å². The third-order valence-electron chi connectivity index (χ3n) is 9.32. The van der Waals surface area contributed by atoms with Crippen LogP contribution in [-0.4, -0.2) is 82.0 Å². The van der Waals surface area contributed by atoms with Gasteiger partial charge in [0, 0.05) is 31.7 Å². The van der Waals surface area contributed by atoms with Gasteiger partial charge < -0.3 is 20.4 Å². The fourth-order valence-electron chi connectivity index (χ4n) is 7.12. The van der Waals surface area contributed by atoms with Gasteiger partial charge in [0.25, 0.3) is 0 Å². The van der Waals surface area contributed by atoms with Crippen LogP contribution in [0.2, 0.25) is 0 Å². The van der Waals surface area contributed by atoms with Crippen molar-refractivity contribution in [3.8, 4) is 0 Å². The molecule has 5 unspecified atom stereocenters. The van der Waals surface area contributed by atoms with E-state index in [1.54, 1.807) is 67.8 Å². The molecular weight excluding hydrogens is 573 g/mol. The lowest BCUT2D eigenvalue weighted by Gasteiger charge is -2.75. The summed E-state index contributed by atoms with van der Waals surface area (Å²) >= 11 is 7.07. The Bertz CT molecular complexity index is 1440. The number of hydrogen-bond donors (Lipinski definition) is 4. The number of carboxylic acids is 2. The highest BCUT2D eigenvalue weighted by Crippen LogP contribution is 2.72. The highest BCUT2D eigenvalue weighted by atomic mass is 35.5. The molecule has 0 radical (unpaired) electrons. The zero-order valence-electron chi connectivity index (χ0n) is 22.5. The van der Waals surface area contributed by atoms with E-state index in [2.05, 4.69) is 15.0 Å². The Kier molecular flexibility index (Phi) is 7.70. The first kappa shape index (κ1) is 30.8. The fourth-order valence-corrected chi connectivity index (χ4v) is 7.72. The summed E-state index contributed by atoms with van der Waals surface area (Å²) in [6, 6.07) is 14.9. The molecule has 3 aromatic rings. The van der Waals surface area contributed by atoms with Gasteiger partial charge in [-0.25, -0.2) is 0 Å². The topological polar surface area (TPSA) is 160 Å². The first-order chi connectivity index (χ1) is 18.8. The standard InChI is InChI=1S/C28H30ClN5O6.ClH/c1-24(19-11-5-8-14-31-19)26(22(35)36)17-34(16-18-10-4-7-13-30-18)21(29)27(23(37)38,28(26,39)40)25(2,33(24)3)20-12-6-9-15-32-20;/h4-15,21,39-40H,16-17H2,1-3H3,(H,35,36)(H,37,38);1H. The van der Waals surface area contributed by atoms with Crippen molar-refractivity contribution >= 4 is 35.9 Å². The van der Waals surface area contributed by atoms with Gasteiger partial charge in [0.2, 0.25) is 5.79 Å². The predicted octanol–water partition coefficient (Wildman–Crippen LogP) is 2.27. The number of carboxylic acid groups (broad SMARTS) is 2. The molecule has 0 aliphatic carbocycles. The van der Waals surface area contributed by atoms with Crippen molar-refractivity contribution in [3.05, 3.63) is 90.3 Å². The van der Waals surface area contributed by atoms with Gasteiger partial charge in [-0.1, -0.05) is 18.2 Å². The predicted molar refractivity (Wildman–Crippen MR) is 150 cm³/mol. The number of piperidine rings is 2. The summed E-state index contributed by atoms with van der Waals surface area (Å²) in [4.78, 5) is 43.4. The van der Waals surface area contributed by atoms with Crippen LogP contribution in [0.1, 0.15) is 30.9 Å². The number of aliphatic carboxylic acids is 2. The number of carbonyl (C=O) groups is 2. The maximum absolute atomic E-state index is 13.6. The molecule has 0 aromatic carbocycles. The van der Waals surface area contributed by atoms with Crippen molar-refractivity contribution in [2.24, 2.45) is 10.8 Å². The molecule has 0 saturated carbocycles. The number of aliphatic hydroxyl groups is 2. The van der Waals surface area contributed by atoms with Crippen LogP contribution in [0.15, 0.2) is 73.2 Å². The molecular formula is C28H31Cl2N5O6. The van der Waals surface area contributed by atoms with Gasteiger partial charge in [0.1, 0.15) is 5.50 Å². The number of fused-ring (bicyclic) bond motifs is 2. The van der Waals surface area contributed by atoms with Crippen LogP contribution < -0.4 is 0 Å². The number of pyridine rings is 3. The van der Waals surface area contributed by atoms with Gasteiger partial charge in [0.05, 0.1) is 28.2 Å². The van der Waals surface area contributed by atoms with E-state index in [0.717, 1.165) is 0 Å². The van der Waals surface area contributed by atoms with Crippen LogP contribution in [0, 0.1) is 10.8 Å². The zero-order chi connectivity index (χ0) is 29.1. The molecule has 0 spiro atoms. The lowest BCUT2D eigenvalue weighted by atomic mass is 9.43. The number of likely N-dealkylation sites (tertiary alicyclic amines) is 2. The van der Waals surface area contributed by atoms with Crippen LogP contribution >= 0.6 is 24.0 Å². The smallest absolute Gasteiger partial charge is 0.320 e. The molecule has 13 heteroatoms. The maximum Gasteiger partial charge on any atom is 0.320 e. The summed E-state index contributed by atoms with van der Waals surface area (Å²) in [7, 11) is 1.55. The van der Waals surface area contributed by atoms with E-state index < -0.39 is 51.7 Å². The van der Waals surface area contributed by atoms with Crippen LogP contribution in [-0.2, 0) is 27.2 Å². The molecule has 5 heterocycles. The Hall–Kier alpha value is -3.19. The molecule has 41 heavy (non-hydrogen) atoms. The summed E-state index contributed by atoms with van der Waals surface area (Å²) in [6.07, 6.45) is 4.47. The molecule has 2 aliphatic rings. The highest BCUT2D eigenvalue weighted by Gasteiger charge is 2.90. The monoisotopic (exact) mass is 603 g/mol. The number of rotatable bonds is 6. The van der Waals surface area contributed by atoms with Crippen molar-refractivity contribution in [2.45, 2.75) is 42.8 Å². The van der Waals surface area contributed by atoms with E-state index in [9.17, 15) is 30.0 Å². The van der Waals surface area contributed by atoms with E-state index in [1.807, 2.05) is 0 Å². The van der Waals surface area contributed by atoms with Gasteiger partial charge in [-0.15, -0.1) is 24.0 Å². The minimum absolute atomic E-state index is 0. The molecule has 5 atom stereocenters. The largest absolute Gasteiger partial charge is 0.481 e. The second-order valence-corrected chi connectivity index (χ2v) is 11.1. The van der Waals surface area contributed by atoms with Crippen molar-refractivity contribution in [1.29, 1.82) is 0 Å². The van der Waals surface area contributed by atoms with Crippen LogP contribution in [0.3, 0.4) is 0 Å². The van der Waals surface area contributed by atoms with E-state index in [-0.39, 0.29) is 30.3 Å². The number of hydrogen-bond acceptors (Lipinski definition) is 9. The SMILES string of the molecule is CN1C(C)(c2ccccn2)C2(C(=O)O)CN(Cc3ccccn3)C(Cl)C(C(=O)O)(C1(C)c1ccccn1)C2(O)O.Cl. The summed E-state index contributed by atoms with van der Waals surface area (Å²) < 4.78 is 0. The van der Waals surface area contributed by atoms with E-state index in [1.165, 1.54) is 36.0 Å². The quantitative estimate of drug-likeness (QED) is 0.186. The summed E-state index contributed by atoms with van der Waals surface area (Å²) in [5.74, 6) is -6.76. The molecule has 4 N–H and O–H groups in total. The normalized spacial score (nSPS) is 33.0. The number of halogens is 2. The zero-order valence-corrected chi connectivity index (χ0v) is 24.1. The highest BCUT2D eigenvalue weighted by molar-refractivity contribution is 6.23. The molecule has 11 nitrogen and oxygen atoms in total. The van der Waals surface area contributed by atoms with Crippen molar-refractivity contribution in [3.63, 3.8) is 0 Å². The minimum Gasteiger partial charge on any atom is -0.481 e. The van der Waals surface area contributed by atoms with E-state index >= 15 is 0 Å². The van der Waals surface area contributed by atoms with Gasteiger partial charge >= 0.3 is 11.9 Å². The minimum atomic E-state index is -3.43. The second kappa shape index (κ2) is 10.3. The molecule has 0 amide bonds. The molecule has 2 bridgehead atoms. The molecule has 3 aromatic heterocycles. The lowest BCUT2D eigenvalue weighted by molar-refractivity contribution is -0.413. The van der Waals surface area contributed by atoms with Crippen LogP contribution in [0.4, 0.5) is 0 Å². The van der Waals surface area contributed by atoms with Crippen molar-refractivity contribution in [2.75, 3.05) is 13.6 Å². The van der Waals surface area contributed by atoms with Gasteiger partial charge in [-0.3, -0.25) is 34.3 Å². The molecule has 2 saturated heterocycles.